The number of pyridine rings is 1. The monoisotopic (exact) mass is 261 g/mol. The second-order valence-electron chi connectivity index (χ2n) is 3.41. The van der Waals surface area contributed by atoms with Crippen molar-refractivity contribution in [3.8, 4) is 0 Å². The van der Waals surface area contributed by atoms with Crippen molar-refractivity contribution < 1.29 is 19.8 Å². The van der Waals surface area contributed by atoms with Gasteiger partial charge in [-0.15, -0.1) is 0 Å². The lowest BCUT2D eigenvalue weighted by Crippen LogP contribution is -2.21. The summed E-state index contributed by atoms with van der Waals surface area (Å²) < 4.78 is 0. The number of nitrogen functional groups attached to an aromatic ring is 1. The highest BCUT2D eigenvalue weighted by Gasteiger charge is 2.03. The Morgan fingerprint density at radius 3 is 2.11 bits per heavy atom. The highest BCUT2D eigenvalue weighted by atomic mass is 16.6. The summed E-state index contributed by atoms with van der Waals surface area (Å²) in [5.41, 5.74) is 5.09. The number of hydrogen-bond donors (Lipinski definition) is 1. The Labute approximate surface area is 108 Å². The van der Waals surface area contributed by atoms with Gasteiger partial charge in [0, 0.05) is 18.2 Å². The number of aromatic carboxylic acids is 1. The molecule has 0 saturated heterocycles. The van der Waals surface area contributed by atoms with Crippen molar-refractivity contribution in [2.24, 2.45) is 0 Å². The zero-order valence-corrected chi connectivity index (χ0v) is 9.78. The molecule has 1 heterocycles. The van der Waals surface area contributed by atoms with Crippen molar-refractivity contribution in [2.45, 2.75) is 0 Å². The average molecular weight is 261 g/mol. The van der Waals surface area contributed by atoms with Crippen LogP contribution in [0.1, 0.15) is 10.4 Å². The number of aromatic amines is 1. The molecule has 0 saturated carbocycles. The first-order valence-corrected chi connectivity index (χ1v) is 5.18. The number of aromatic nitrogens is 1. The van der Waals surface area contributed by atoms with Gasteiger partial charge >= 0.3 is 0 Å². The molecule has 0 aliphatic rings. The third-order valence-electron chi connectivity index (χ3n) is 2.05. The van der Waals surface area contributed by atoms with Gasteiger partial charge in [0.2, 0.25) is 0 Å². The molecule has 0 aliphatic carbocycles. The molecular weight excluding hydrogens is 250 g/mol. The highest BCUT2D eigenvalue weighted by molar-refractivity contribution is 5.85. The number of benzene rings is 1. The molecule has 0 aliphatic heterocycles. The summed E-state index contributed by atoms with van der Waals surface area (Å²) in [6.07, 6.45) is 1.79. The number of carboxylic acid groups (broad SMARTS) is 1. The summed E-state index contributed by atoms with van der Waals surface area (Å²) in [5.74, 6) is -0.646. The molecule has 1 aromatic carbocycles. The lowest BCUT2D eigenvalue weighted by Gasteiger charge is -1.99. The van der Waals surface area contributed by atoms with E-state index >= 15 is 0 Å². The van der Waals surface area contributed by atoms with Crippen molar-refractivity contribution >= 4 is 17.5 Å². The van der Waals surface area contributed by atoms with Gasteiger partial charge in [0.1, 0.15) is 0 Å². The standard InChI is InChI=1S/C7H5NO4.C5H6N2/c9-7(10)5-1-3-6(4-2-5)8(11)12;6-5-3-1-2-4-7-5/h1-4H,(H,9,10);1-4H,(H2,6,7). The Morgan fingerprint density at radius 1 is 1.16 bits per heavy atom. The van der Waals surface area contributed by atoms with Crippen molar-refractivity contribution in [1.29, 1.82) is 0 Å². The summed E-state index contributed by atoms with van der Waals surface area (Å²) in [7, 11) is 0. The zero-order chi connectivity index (χ0) is 14.3. The number of nitrogens with zero attached hydrogens (tertiary/aromatic N) is 1. The van der Waals surface area contributed by atoms with Crippen LogP contribution in [0.15, 0.2) is 48.7 Å². The lowest BCUT2D eigenvalue weighted by atomic mass is 10.2. The predicted molar refractivity (Wildman–Crippen MR) is 64.8 cm³/mol. The number of nitro groups is 1. The largest absolute Gasteiger partial charge is 0.545 e. The first kappa shape index (κ1) is 14.1. The SMILES string of the molecule is Nc1cccc[nH+]1.O=C([O-])c1ccc([N+](=O)[O-])cc1. The Morgan fingerprint density at radius 2 is 1.79 bits per heavy atom. The van der Waals surface area contributed by atoms with E-state index < -0.39 is 10.9 Å². The van der Waals surface area contributed by atoms with Crippen LogP contribution in [0.25, 0.3) is 0 Å². The molecule has 0 unspecified atom stereocenters. The van der Waals surface area contributed by atoms with Gasteiger partial charge in [0.15, 0.2) is 0 Å². The molecular formula is C12H11N3O4. The number of H-pyrrole nitrogens is 1. The molecule has 2 rings (SSSR count). The molecule has 0 radical (unpaired) electrons. The van der Waals surface area contributed by atoms with Crippen molar-refractivity contribution in [2.75, 3.05) is 5.73 Å². The van der Waals surface area contributed by atoms with Crippen LogP contribution in [0.2, 0.25) is 0 Å². The van der Waals surface area contributed by atoms with Gasteiger partial charge in [-0.25, -0.2) is 4.98 Å². The number of nitrogens with one attached hydrogen (secondary N) is 1. The van der Waals surface area contributed by atoms with Crippen LogP contribution in [-0.2, 0) is 0 Å². The molecule has 98 valence electrons. The van der Waals surface area contributed by atoms with Crippen molar-refractivity contribution in [3.63, 3.8) is 0 Å². The van der Waals surface area contributed by atoms with Gasteiger partial charge in [-0.3, -0.25) is 15.8 Å². The second kappa shape index (κ2) is 6.70. The summed E-state index contributed by atoms with van der Waals surface area (Å²) in [6, 6.07) is 10.1. The normalized spacial score (nSPS) is 9.05. The zero-order valence-electron chi connectivity index (χ0n) is 9.78. The van der Waals surface area contributed by atoms with E-state index in [0.29, 0.717) is 5.82 Å². The van der Waals surface area contributed by atoms with Crippen LogP contribution >= 0.6 is 0 Å². The van der Waals surface area contributed by atoms with Crippen LogP contribution in [0.4, 0.5) is 11.5 Å². The Balaban J connectivity index is 0.000000218. The molecule has 0 atom stereocenters. The van der Waals surface area contributed by atoms with E-state index in [1.165, 1.54) is 0 Å². The summed E-state index contributed by atoms with van der Waals surface area (Å²) >= 11 is 0. The third kappa shape index (κ3) is 4.82. The molecule has 7 heteroatoms. The smallest absolute Gasteiger partial charge is 0.269 e. The van der Waals surface area contributed by atoms with Gasteiger partial charge in [-0.2, -0.15) is 0 Å². The van der Waals surface area contributed by atoms with Crippen LogP contribution in [0, 0.1) is 10.1 Å². The first-order valence-electron chi connectivity index (χ1n) is 5.18. The average Bonchev–Trinajstić information content (AvgIpc) is 2.40. The van der Waals surface area contributed by atoms with Crippen molar-refractivity contribution in [3.05, 3.63) is 64.3 Å². The van der Waals surface area contributed by atoms with Crippen LogP contribution < -0.4 is 15.8 Å². The first-order chi connectivity index (χ1) is 9.00. The van der Waals surface area contributed by atoms with Gasteiger partial charge in [0.05, 0.1) is 17.1 Å². The van der Waals surface area contributed by atoms with Crippen LogP contribution in [0.5, 0.6) is 0 Å². The fraction of sp³-hybridized carbons (Fsp3) is 0. The number of nitrogens with two attached hydrogens (primary N) is 1. The van der Waals surface area contributed by atoms with E-state index in [0.717, 1.165) is 24.3 Å². The maximum atomic E-state index is 10.2. The van der Waals surface area contributed by atoms with E-state index in [1.54, 1.807) is 12.3 Å². The molecule has 19 heavy (non-hydrogen) atoms. The molecule has 1 aromatic heterocycles. The third-order valence-corrected chi connectivity index (χ3v) is 2.05. The maximum Gasteiger partial charge on any atom is 0.269 e. The minimum atomic E-state index is -1.34. The molecule has 0 fully saturated rings. The predicted octanol–water partition coefficient (Wildman–Crippen LogP) is 0.0412. The molecule has 0 bridgehead atoms. The van der Waals surface area contributed by atoms with E-state index in [1.807, 2.05) is 12.1 Å². The van der Waals surface area contributed by atoms with E-state index in [9.17, 15) is 20.0 Å². The number of carbonyl (C=O) groups is 1. The number of carboxylic acids is 1. The fourth-order valence-electron chi connectivity index (χ4n) is 1.13. The van der Waals surface area contributed by atoms with Gasteiger partial charge in [-0.05, 0) is 23.8 Å². The van der Waals surface area contributed by atoms with Gasteiger partial charge < -0.3 is 9.90 Å². The molecule has 7 nitrogen and oxygen atoms in total. The molecule has 2 aromatic rings. The highest BCUT2D eigenvalue weighted by Crippen LogP contribution is 2.10. The summed E-state index contributed by atoms with van der Waals surface area (Å²) in [5, 5.41) is 20.3. The lowest BCUT2D eigenvalue weighted by molar-refractivity contribution is -0.384. The number of carbonyl (C=O) groups excluding carboxylic acids is 1. The Hall–Kier alpha value is -2.96. The van der Waals surface area contributed by atoms with Gasteiger partial charge in [0.25, 0.3) is 11.5 Å². The van der Waals surface area contributed by atoms with E-state index in [4.69, 9.17) is 5.73 Å². The Kier molecular flexibility index (Phi) is 4.97. The molecule has 0 amide bonds. The second-order valence-corrected chi connectivity index (χ2v) is 3.41. The maximum absolute atomic E-state index is 10.2. The summed E-state index contributed by atoms with van der Waals surface area (Å²) in [4.78, 5) is 22.5. The fourth-order valence-corrected chi connectivity index (χ4v) is 1.13. The molecule has 3 N–H and O–H groups in total. The number of nitro benzene ring substituents is 1. The minimum absolute atomic E-state index is 0.0689. The van der Waals surface area contributed by atoms with E-state index in [-0.39, 0.29) is 11.3 Å². The number of non-ortho nitro benzene ring substituents is 1. The van der Waals surface area contributed by atoms with Crippen LogP contribution in [-0.4, -0.2) is 10.9 Å². The summed E-state index contributed by atoms with van der Waals surface area (Å²) in [6.45, 7) is 0. The minimum Gasteiger partial charge on any atom is -0.545 e. The topological polar surface area (TPSA) is 123 Å². The quantitative estimate of drug-likeness (QED) is 0.603. The van der Waals surface area contributed by atoms with E-state index in [2.05, 4.69) is 4.98 Å². The van der Waals surface area contributed by atoms with Crippen LogP contribution in [0.3, 0.4) is 0 Å². The molecule has 0 spiro atoms. The number of hydrogen-bond acceptors (Lipinski definition) is 5. The number of anilines is 1. The van der Waals surface area contributed by atoms with Gasteiger partial charge in [-0.1, -0.05) is 6.07 Å². The Bertz CT molecular complexity index is 522. The van der Waals surface area contributed by atoms with Crippen molar-refractivity contribution in [1.82, 2.24) is 0 Å². The number of rotatable bonds is 2.